The van der Waals surface area contributed by atoms with E-state index in [-0.39, 0.29) is 11.6 Å². The summed E-state index contributed by atoms with van der Waals surface area (Å²) in [5, 5.41) is 14.8. The minimum atomic E-state index is -0.242. The second-order valence-corrected chi connectivity index (χ2v) is 6.31. The average molecular weight is 368 g/mol. The van der Waals surface area contributed by atoms with Crippen LogP contribution in [0.2, 0.25) is 10.0 Å². The minimum absolute atomic E-state index is 0.242. The van der Waals surface area contributed by atoms with Gasteiger partial charge in [0.1, 0.15) is 0 Å². The van der Waals surface area contributed by atoms with Crippen LogP contribution in [0.3, 0.4) is 0 Å². The first-order valence-corrected chi connectivity index (χ1v) is 8.20. The molecule has 0 aliphatic rings. The lowest BCUT2D eigenvalue weighted by Crippen LogP contribution is -2.28. The van der Waals surface area contributed by atoms with Crippen LogP contribution in [0.15, 0.2) is 30.3 Å². The summed E-state index contributed by atoms with van der Waals surface area (Å²) < 4.78 is 0. The highest BCUT2D eigenvalue weighted by Crippen LogP contribution is 2.27. The molecular weight excluding hydrogens is 349 g/mol. The monoisotopic (exact) mass is 367 g/mol. The Bertz CT molecular complexity index is 691. The molecule has 0 saturated heterocycles. The molecule has 0 spiro atoms. The van der Waals surface area contributed by atoms with Gasteiger partial charge in [-0.1, -0.05) is 23.2 Å². The fourth-order valence-electron chi connectivity index (χ4n) is 1.94. The Morgan fingerprint density at radius 2 is 1.96 bits per heavy atom. The molecule has 1 amide bonds. The Hall–Kier alpha value is -1.89. The Balaban J connectivity index is 1.92. The quantitative estimate of drug-likeness (QED) is 0.735. The smallest absolute Gasteiger partial charge is 0.271 e. The Morgan fingerprint density at radius 3 is 2.62 bits per heavy atom. The van der Waals surface area contributed by atoms with Gasteiger partial charge in [-0.25, -0.2) is 0 Å². The number of benzene rings is 1. The number of amides is 1. The van der Waals surface area contributed by atoms with E-state index in [4.69, 9.17) is 23.2 Å². The van der Waals surface area contributed by atoms with Crippen LogP contribution in [0, 0.1) is 0 Å². The molecule has 24 heavy (non-hydrogen) atoms. The standard InChI is InChI=1S/C16H19Cl2N5O/c1-23(2)9-3-8-19-16(24)13-6-7-15(22-21-13)20-14-10-11(17)4-5-12(14)18/h4-7,10H,3,8-9H2,1-2H3,(H,19,24)(H,20,22). The van der Waals surface area contributed by atoms with Crippen LogP contribution in [0.5, 0.6) is 0 Å². The molecule has 0 radical (unpaired) electrons. The number of carbonyl (C=O) groups excluding carboxylic acids is 1. The van der Waals surface area contributed by atoms with Crippen molar-refractivity contribution in [2.24, 2.45) is 0 Å². The van der Waals surface area contributed by atoms with Crippen molar-refractivity contribution in [3.05, 3.63) is 46.1 Å². The maximum Gasteiger partial charge on any atom is 0.271 e. The summed E-state index contributed by atoms with van der Waals surface area (Å²) in [5.41, 5.74) is 0.891. The van der Waals surface area contributed by atoms with Crippen molar-refractivity contribution in [2.45, 2.75) is 6.42 Å². The van der Waals surface area contributed by atoms with Gasteiger partial charge in [0.05, 0.1) is 10.7 Å². The van der Waals surface area contributed by atoms with Crippen molar-refractivity contribution in [3.63, 3.8) is 0 Å². The molecule has 0 bridgehead atoms. The number of rotatable bonds is 7. The van der Waals surface area contributed by atoms with Crippen molar-refractivity contribution in [2.75, 3.05) is 32.5 Å². The highest BCUT2D eigenvalue weighted by Gasteiger charge is 2.08. The summed E-state index contributed by atoms with van der Waals surface area (Å²) in [6.45, 7) is 1.51. The molecule has 128 valence electrons. The minimum Gasteiger partial charge on any atom is -0.351 e. The van der Waals surface area contributed by atoms with Gasteiger partial charge in [0.15, 0.2) is 11.5 Å². The summed E-state index contributed by atoms with van der Waals surface area (Å²) in [7, 11) is 3.98. The summed E-state index contributed by atoms with van der Waals surface area (Å²) >= 11 is 12.0. The van der Waals surface area contributed by atoms with Crippen molar-refractivity contribution < 1.29 is 4.79 Å². The van der Waals surface area contributed by atoms with Crippen LogP contribution in [0.25, 0.3) is 0 Å². The van der Waals surface area contributed by atoms with Crippen LogP contribution in [-0.2, 0) is 0 Å². The average Bonchev–Trinajstić information content (AvgIpc) is 2.55. The SMILES string of the molecule is CN(C)CCCNC(=O)c1ccc(Nc2cc(Cl)ccc2Cl)nn1. The first-order chi connectivity index (χ1) is 11.5. The summed E-state index contributed by atoms with van der Waals surface area (Å²) in [6.07, 6.45) is 0.874. The van der Waals surface area contributed by atoms with Gasteiger partial charge in [0.25, 0.3) is 5.91 Å². The van der Waals surface area contributed by atoms with Crippen molar-refractivity contribution in [1.82, 2.24) is 20.4 Å². The molecule has 0 aliphatic carbocycles. The zero-order chi connectivity index (χ0) is 17.5. The van der Waals surface area contributed by atoms with Crippen LogP contribution in [0.4, 0.5) is 11.5 Å². The second-order valence-electron chi connectivity index (χ2n) is 5.47. The molecule has 1 heterocycles. The molecule has 0 atom stereocenters. The Morgan fingerprint density at radius 1 is 1.17 bits per heavy atom. The molecule has 2 rings (SSSR count). The van der Waals surface area contributed by atoms with Gasteiger partial charge in [0, 0.05) is 11.6 Å². The van der Waals surface area contributed by atoms with Gasteiger partial charge in [-0.3, -0.25) is 4.79 Å². The van der Waals surface area contributed by atoms with Crippen LogP contribution in [0.1, 0.15) is 16.9 Å². The first-order valence-electron chi connectivity index (χ1n) is 7.44. The van der Waals surface area contributed by atoms with Crippen molar-refractivity contribution >= 4 is 40.6 Å². The fraction of sp³-hybridized carbons (Fsp3) is 0.312. The predicted octanol–water partition coefficient (Wildman–Crippen LogP) is 3.21. The zero-order valence-electron chi connectivity index (χ0n) is 13.5. The van der Waals surface area contributed by atoms with E-state index in [9.17, 15) is 4.79 Å². The summed E-state index contributed by atoms with van der Waals surface area (Å²) in [4.78, 5) is 14.0. The number of halogens is 2. The molecule has 0 fully saturated rings. The molecule has 2 N–H and O–H groups in total. The third kappa shape index (κ3) is 5.63. The number of hydrogen-bond acceptors (Lipinski definition) is 5. The summed E-state index contributed by atoms with van der Waals surface area (Å²) in [6, 6.07) is 8.35. The molecule has 1 aromatic carbocycles. The van der Waals surface area contributed by atoms with Gasteiger partial charge < -0.3 is 15.5 Å². The number of carbonyl (C=O) groups is 1. The lowest BCUT2D eigenvalue weighted by atomic mass is 10.3. The normalized spacial score (nSPS) is 10.7. The van der Waals surface area contributed by atoms with E-state index in [1.165, 1.54) is 0 Å². The number of anilines is 2. The van der Waals surface area contributed by atoms with E-state index in [2.05, 4.69) is 25.7 Å². The summed E-state index contributed by atoms with van der Waals surface area (Å²) in [5.74, 6) is 0.233. The van der Waals surface area contributed by atoms with Crippen molar-refractivity contribution in [1.29, 1.82) is 0 Å². The molecule has 6 nitrogen and oxygen atoms in total. The van der Waals surface area contributed by atoms with E-state index >= 15 is 0 Å². The first kappa shape index (κ1) is 18.4. The lowest BCUT2D eigenvalue weighted by Gasteiger charge is -2.10. The van der Waals surface area contributed by atoms with Gasteiger partial charge in [-0.15, -0.1) is 10.2 Å². The molecule has 0 aliphatic heterocycles. The molecular formula is C16H19Cl2N5O. The lowest BCUT2D eigenvalue weighted by molar-refractivity contribution is 0.0946. The van der Waals surface area contributed by atoms with Crippen molar-refractivity contribution in [3.8, 4) is 0 Å². The maximum atomic E-state index is 12.0. The largest absolute Gasteiger partial charge is 0.351 e. The number of nitrogens with zero attached hydrogens (tertiary/aromatic N) is 3. The molecule has 1 aromatic heterocycles. The third-order valence-electron chi connectivity index (χ3n) is 3.16. The zero-order valence-corrected chi connectivity index (χ0v) is 15.0. The maximum absolute atomic E-state index is 12.0. The van der Waals surface area contributed by atoms with E-state index < -0.39 is 0 Å². The molecule has 2 aromatic rings. The van der Waals surface area contributed by atoms with E-state index in [0.29, 0.717) is 28.1 Å². The van der Waals surface area contributed by atoms with Crippen LogP contribution < -0.4 is 10.6 Å². The van der Waals surface area contributed by atoms with Crippen LogP contribution >= 0.6 is 23.2 Å². The Kier molecular flexibility index (Phi) is 6.78. The van der Waals surface area contributed by atoms with E-state index in [1.54, 1.807) is 30.3 Å². The number of nitrogens with one attached hydrogen (secondary N) is 2. The second kappa shape index (κ2) is 8.82. The predicted molar refractivity (Wildman–Crippen MR) is 97.3 cm³/mol. The highest BCUT2D eigenvalue weighted by atomic mass is 35.5. The van der Waals surface area contributed by atoms with E-state index in [1.807, 2.05) is 14.1 Å². The number of aromatic nitrogens is 2. The van der Waals surface area contributed by atoms with Crippen LogP contribution in [-0.4, -0.2) is 48.2 Å². The van der Waals surface area contributed by atoms with Gasteiger partial charge in [-0.05, 0) is 57.4 Å². The topological polar surface area (TPSA) is 70.2 Å². The molecule has 0 saturated carbocycles. The molecule has 0 unspecified atom stereocenters. The fourth-order valence-corrected chi connectivity index (χ4v) is 2.28. The third-order valence-corrected chi connectivity index (χ3v) is 3.72. The number of hydrogen-bond donors (Lipinski definition) is 2. The highest BCUT2D eigenvalue weighted by molar-refractivity contribution is 6.35. The van der Waals surface area contributed by atoms with Gasteiger partial charge in [-0.2, -0.15) is 0 Å². The Labute approximate surface area is 151 Å². The van der Waals surface area contributed by atoms with Gasteiger partial charge >= 0.3 is 0 Å². The van der Waals surface area contributed by atoms with E-state index in [0.717, 1.165) is 13.0 Å². The van der Waals surface area contributed by atoms with Gasteiger partial charge in [0.2, 0.25) is 0 Å². The molecule has 8 heteroatoms.